The van der Waals surface area contributed by atoms with Crippen LogP contribution >= 0.6 is 0 Å². The Morgan fingerprint density at radius 3 is 2.78 bits per heavy atom. The number of halogens is 1. The Kier molecular flexibility index (Phi) is 6.31. The minimum Gasteiger partial charge on any atom is -0.457 e. The highest BCUT2D eigenvalue weighted by atomic mass is 19.1. The lowest BCUT2D eigenvalue weighted by Gasteiger charge is -2.14. The first kappa shape index (κ1) is 21.3. The lowest BCUT2D eigenvalue weighted by atomic mass is 10.1. The van der Waals surface area contributed by atoms with E-state index in [1.54, 1.807) is 36.5 Å². The number of amides is 1. The van der Waals surface area contributed by atoms with Gasteiger partial charge in [0.1, 0.15) is 23.1 Å². The van der Waals surface area contributed by atoms with E-state index in [1.807, 2.05) is 31.2 Å². The van der Waals surface area contributed by atoms with Gasteiger partial charge in [0, 0.05) is 41.5 Å². The third kappa shape index (κ3) is 5.03. The molecule has 2 N–H and O–H groups in total. The molecule has 1 unspecified atom stereocenters. The number of nitrogens with zero attached hydrogens (tertiary/aromatic N) is 1. The molecular weight excluding hydrogens is 405 g/mol. The molecule has 1 amide bonds. The third-order valence-corrected chi connectivity index (χ3v) is 5.27. The molecule has 1 aliphatic rings. The van der Waals surface area contributed by atoms with E-state index >= 15 is 0 Å². The summed E-state index contributed by atoms with van der Waals surface area (Å²) in [5.74, 6) is 1.61. The number of aromatic nitrogens is 1. The summed E-state index contributed by atoms with van der Waals surface area (Å²) in [6.07, 6.45) is 7.82. The van der Waals surface area contributed by atoms with Crippen LogP contribution in [0.4, 0.5) is 10.2 Å². The first-order chi connectivity index (χ1) is 15.5. The number of carbonyl (C=O) groups excluding carboxylic acids is 1. The van der Waals surface area contributed by atoms with E-state index in [4.69, 9.17) is 4.74 Å². The topological polar surface area (TPSA) is 63.2 Å². The number of nitrogens with one attached hydrogen (secondary N) is 2. The largest absolute Gasteiger partial charge is 0.457 e. The monoisotopic (exact) mass is 429 g/mol. The maximum Gasteiger partial charge on any atom is 0.251 e. The predicted octanol–water partition coefficient (Wildman–Crippen LogP) is 5.75. The number of rotatable bonds is 7. The number of pyridine rings is 1. The highest BCUT2D eigenvalue weighted by Gasteiger charge is 2.14. The Hall–Kier alpha value is -3.93. The van der Waals surface area contributed by atoms with Crippen LogP contribution in [0.5, 0.6) is 11.5 Å². The number of anilines is 1. The van der Waals surface area contributed by atoms with E-state index in [-0.39, 0.29) is 18.3 Å². The van der Waals surface area contributed by atoms with Gasteiger partial charge in [0.25, 0.3) is 5.91 Å². The van der Waals surface area contributed by atoms with Crippen LogP contribution in [0, 0.1) is 18.7 Å². The molecule has 0 fully saturated rings. The molecule has 0 bridgehead atoms. The van der Waals surface area contributed by atoms with Gasteiger partial charge in [-0.25, -0.2) is 9.37 Å². The Morgan fingerprint density at radius 1 is 1.16 bits per heavy atom. The molecule has 6 heteroatoms. The molecule has 0 radical (unpaired) electrons. The second-order valence-corrected chi connectivity index (χ2v) is 7.64. The fourth-order valence-corrected chi connectivity index (χ4v) is 3.45. The van der Waals surface area contributed by atoms with E-state index in [1.165, 1.54) is 12.1 Å². The Labute approximate surface area is 186 Å². The van der Waals surface area contributed by atoms with Gasteiger partial charge in [0.15, 0.2) is 0 Å². The molecular formula is C26H24FN3O2. The average molecular weight is 429 g/mol. The molecule has 0 saturated carbocycles. The van der Waals surface area contributed by atoms with Crippen LogP contribution in [0.25, 0.3) is 0 Å². The van der Waals surface area contributed by atoms with Crippen LogP contribution in [-0.4, -0.2) is 10.9 Å². The van der Waals surface area contributed by atoms with Gasteiger partial charge in [0.05, 0.1) is 0 Å². The fraction of sp³-hybridized carbons (Fsp3) is 0.154. The number of benzene rings is 2. The molecule has 5 nitrogen and oxygen atoms in total. The summed E-state index contributed by atoms with van der Waals surface area (Å²) in [6, 6.07) is 15.1. The zero-order chi connectivity index (χ0) is 22.5. The van der Waals surface area contributed by atoms with Gasteiger partial charge < -0.3 is 15.4 Å². The Morgan fingerprint density at radius 2 is 2.00 bits per heavy atom. The SMILES string of the molecule is Cc1c(Oc2ccnc(NC3=CC=CC3C)c2)cccc1C(=O)NCc1cccc(F)c1. The smallest absolute Gasteiger partial charge is 0.251 e. The minimum atomic E-state index is -0.329. The van der Waals surface area contributed by atoms with Crippen molar-refractivity contribution in [3.05, 3.63) is 107 Å². The van der Waals surface area contributed by atoms with Gasteiger partial charge in [-0.3, -0.25) is 4.79 Å². The summed E-state index contributed by atoms with van der Waals surface area (Å²) in [4.78, 5) is 17.1. The van der Waals surface area contributed by atoms with E-state index < -0.39 is 0 Å². The number of hydrogen-bond acceptors (Lipinski definition) is 4. The summed E-state index contributed by atoms with van der Waals surface area (Å²) in [7, 11) is 0. The Balaban J connectivity index is 1.45. The predicted molar refractivity (Wildman–Crippen MR) is 123 cm³/mol. The molecule has 3 aromatic rings. The summed E-state index contributed by atoms with van der Waals surface area (Å²) < 4.78 is 19.4. The zero-order valence-electron chi connectivity index (χ0n) is 17.9. The summed E-state index contributed by atoms with van der Waals surface area (Å²) in [5, 5.41) is 6.15. The van der Waals surface area contributed by atoms with Crippen molar-refractivity contribution in [1.29, 1.82) is 0 Å². The van der Waals surface area contributed by atoms with Gasteiger partial charge in [-0.05, 0) is 48.9 Å². The molecule has 162 valence electrons. The third-order valence-electron chi connectivity index (χ3n) is 5.27. The van der Waals surface area contributed by atoms with E-state index in [0.717, 1.165) is 5.70 Å². The highest BCUT2D eigenvalue weighted by molar-refractivity contribution is 5.96. The van der Waals surface area contributed by atoms with Crippen LogP contribution in [0.3, 0.4) is 0 Å². The van der Waals surface area contributed by atoms with Gasteiger partial charge in [-0.1, -0.05) is 37.3 Å². The molecule has 1 aromatic heterocycles. The molecule has 1 atom stereocenters. The minimum absolute atomic E-state index is 0.240. The van der Waals surface area contributed by atoms with Crippen molar-refractivity contribution in [2.45, 2.75) is 20.4 Å². The summed E-state index contributed by atoms with van der Waals surface area (Å²) >= 11 is 0. The molecule has 1 aliphatic carbocycles. The molecule has 2 aromatic carbocycles. The highest BCUT2D eigenvalue weighted by Crippen LogP contribution is 2.29. The van der Waals surface area contributed by atoms with Gasteiger partial charge >= 0.3 is 0 Å². The van der Waals surface area contributed by atoms with E-state index in [9.17, 15) is 9.18 Å². The van der Waals surface area contributed by atoms with Crippen LogP contribution in [0.2, 0.25) is 0 Å². The second-order valence-electron chi connectivity index (χ2n) is 7.64. The maximum absolute atomic E-state index is 13.4. The molecule has 0 saturated heterocycles. The second kappa shape index (κ2) is 9.47. The lowest BCUT2D eigenvalue weighted by molar-refractivity contribution is 0.0950. The number of carbonyl (C=O) groups is 1. The number of allylic oxidation sites excluding steroid dienone is 3. The maximum atomic E-state index is 13.4. The number of hydrogen-bond donors (Lipinski definition) is 2. The molecule has 4 rings (SSSR count). The quantitative estimate of drug-likeness (QED) is 0.502. The van der Waals surface area contributed by atoms with Crippen molar-refractivity contribution in [1.82, 2.24) is 10.3 Å². The van der Waals surface area contributed by atoms with Crippen LogP contribution in [-0.2, 0) is 6.54 Å². The molecule has 32 heavy (non-hydrogen) atoms. The van der Waals surface area contributed by atoms with Crippen LogP contribution in [0.1, 0.15) is 28.4 Å². The lowest BCUT2D eigenvalue weighted by Crippen LogP contribution is -2.23. The molecule has 0 aliphatic heterocycles. The van der Waals surface area contributed by atoms with Gasteiger partial charge in [0.2, 0.25) is 0 Å². The van der Waals surface area contributed by atoms with Crippen molar-refractivity contribution in [2.75, 3.05) is 5.32 Å². The average Bonchev–Trinajstić information content (AvgIpc) is 3.18. The van der Waals surface area contributed by atoms with E-state index in [2.05, 4.69) is 28.6 Å². The molecule has 1 heterocycles. The van der Waals surface area contributed by atoms with Crippen molar-refractivity contribution < 1.29 is 13.9 Å². The van der Waals surface area contributed by atoms with Crippen molar-refractivity contribution in [3.63, 3.8) is 0 Å². The van der Waals surface area contributed by atoms with Crippen molar-refractivity contribution >= 4 is 11.7 Å². The van der Waals surface area contributed by atoms with Crippen molar-refractivity contribution in [2.24, 2.45) is 5.92 Å². The molecule has 0 spiro atoms. The van der Waals surface area contributed by atoms with Gasteiger partial charge in [-0.2, -0.15) is 0 Å². The van der Waals surface area contributed by atoms with Gasteiger partial charge in [-0.15, -0.1) is 0 Å². The standard InChI is InChI=1S/C26H24FN3O2/c1-17-6-3-10-23(17)30-25-15-21(12-13-28-25)32-24-11-5-9-22(18(24)2)26(31)29-16-19-7-4-8-20(27)14-19/h3-15,17H,16H2,1-2H3,(H,28,30)(H,29,31). The van der Waals surface area contributed by atoms with E-state index in [0.29, 0.717) is 39.9 Å². The first-order valence-electron chi connectivity index (χ1n) is 10.4. The van der Waals surface area contributed by atoms with Crippen molar-refractivity contribution in [3.8, 4) is 11.5 Å². The first-order valence-corrected chi connectivity index (χ1v) is 10.4. The summed E-state index contributed by atoms with van der Waals surface area (Å²) in [5.41, 5.74) is 2.99. The number of ether oxygens (including phenoxy) is 1. The zero-order valence-corrected chi connectivity index (χ0v) is 17.9. The van der Waals surface area contributed by atoms with Crippen LogP contribution in [0.15, 0.2) is 84.7 Å². The normalized spacial score (nSPS) is 14.7. The summed E-state index contributed by atoms with van der Waals surface area (Å²) in [6.45, 7) is 4.18. The Bertz CT molecular complexity index is 1200. The fourth-order valence-electron chi connectivity index (χ4n) is 3.45. The van der Waals surface area contributed by atoms with Crippen LogP contribution < -0.4 is 15.4 Å².